The van der Waals surface area contributed by atoms with Crippen LogP contribution in [0, 0.1) is 33.5 Å². The smallest absolute Gasteiger partial charge is 0.265 e. The summed E-state index contributed by atoms with van der Waals surface area (Å²) >= 11 is 1.01. The van der Waals surface area contributed by atoms with E-state index >= 15 is 0 Å². The van der Waals surface area contributed by atoms with Crippen LogP contribution in [-0.4, -0.2) is 35.5 Å². The van der Waals surface area contributed by atoms with Crippen molar-refractivity contribution in [2.24, 2.45) is 33.5 Å². The number of fused-ring (bicyclic) bond motifs is 4. The molecule has 4 bridgehead atoms. The molecule has 0 aromatic carbocycles. The van der Waals surface area contributed by atoms with Gasteiger partial charge in [0.1, 0.15) is 5.78 Å². The molecule has 0 spiro atoms. The number of rotatable bonds is 6. The molecule has 30 heavy (non-hydrogen) atoms. The third-order valence-electron chi connectivity index (χ3n) is 9.29. The summed E-state index contributed by atoms with van der Waals surface area (Å²) in [6.45, 7) is 12.5. The zero-order valence-corrected chi connectivity index (χ0v) is 19.9. The van der Waals surface area contributed by atoms with Gasteiger partial charge in [0.25, 0.3) is 10.1 Å². The molecular formula is C21H34O7S2. The van der Waals surface area contributed by atoms with E-state index < -0.39 is 10.1 Å². The molecule has 2 N–H and O–H groups in total. The summed E-state index contributed by atoms with van der Waals surface area (Å²) in [5.41, 5.74) is 0.364. The molecule has 4 aliphatic carbocycles. The van der Waals surface area contributed by atoms with Crippen LogP contribution in [0.5, 0.6) is 0 Å². The first kappa shape index (κ1) is 24.2. The molecule has 4 aliphatic rings. The van der Waals surface area contributed by atoms with Gasteiger partial charge < -0.3 is 0 Å². The number of allylic oxidation sites excluding steroid dienone is 1. The Morgan fingerprint density at radius 1 is 1.07 bits per heavy atom. The van der Waals surface area contributed by atoms with Crippen molar-refractivity contribution in [3.63, 3.8) is 0 Å². The molecule has 0 aliphatic heterocycles. The number of carbonyl (C=O) groups excluding carboxylic acids is 1. The third-order valence-corrected chi connectivity index (χ3v) is 10.9. The second kappa shape index (κ2) is 7.85. The number of Topliss-reactive ketones (excluding diaryl/α,β-unsaturated/α-hetero) is 1. The van der Waals surface area contributed by atoms with Crippen LogP contribution >= 0.6 is 12.0 Å². The van der Waals surface area contributed by atoms with Crippen LogP contribution in [0.1, 0.15) is 66.2 Å². The van der Waals surface area contributed by atoms with Gasteiger partial charge in [-0.05, 0) is 54.8 Å². The van der Waals surface area contributed by atoms with Gasteiger partial charge in [-0.1, -0.05) is 44.9 Å². The summed E-state index contributed by atoms with van der Waals surface area (Å²) in [5, 5.41) is 11.6. The highest BCUT2D eigenvalue weighted by Crippen LogP contribution is 2.68. The molecule has 4 fully saturated rings. The monoisotopic (exact) mass is 462 g/mol. The largest absolute Gasteiger partial charge is 0.299 e. The Hall–Kier alpha value is -0.450. The molecule has 7 nitrogen and oxygen atoms in total. The minimum Gasteiger partial charge on any atom is -0.299 e. The van der Waals surface area contributed by atoms with Gasteiger partial charge in [0.05, 0.1) is 5.75 Å². The Kier molecular flexibility index (Phi) is 6.33. The molecule has 4 unspecified atom stereocenters. The van der Waals surface area contributed by atoms with Crippen molar-refractivity contribution in [2.45, 2.75) is 66.2 Å². The molecule has 0 heterocycles. The maximum absolute atomic E-state index is 12.0. The fourth-order valence-electron chi connectivity index (χ4n) is 6.90. The first-order valence-electron chi connectivity index (χ1n) is 10.5. The van der Waals surface area contributed by atoms with Crippen LogP contribution in [0.4, 0.5) is 0 Å². The SMILES string of the molecule is C=C1CC2CCC1(CS(=O)(=O)O)C2(C)C.CC1(C)C2CCC1(CSOOO)C(=O)C2. The Morgan fingerprint density at radius 3 is 1.97 bits per heavy atom. The van der Waals surface area contributed by atoms with E-state index in [1.165, 1.54) is 0 Å². The molecule has 0 aromatic rings. The lowest BCUT2D eigenvalue weighted by atomic mass is 9.69. The minimum absolute atomic E-state index is 0.0418. The van der Waals surface area contributed by atoms with Crippen LogP contribution in [0.2, 0.25) is 0 Å². The van der Waals surface area contributed by atoms with Crippen molar-refractivity contribution in [1.29, 1.82) is 0 Å². The number of carbonyl (C=O) groups is 1. The van der Waals surface area contributed by atoms with Gasteiger partial charge in [-0.15, -0.1) is 4.33 Å². The molecule has 0 radical (unpaired) electrons. The molecule has 172 valence electrons. The number of ketones is 1. The second-order valence-electron chi connectivity index (χ2n) is 10.6. The summed E-state index contributed by atoms with van der Waals surface area (Å²) < 4.78 is 35.7. The van der Waals surface area contributed by atoms with Gasteiger partial charge in [0, 0.05) is 35.0 Å². The predicted molar refractivity (Wildman–Crippen MR) is 115 cm³/mol. The van der Waals surface area contributed by atoms with E-state index in [0.717, 1.165) is 49.7 Å². The van der Waals surface area contributed by atoms with Crippen molar-refractivity contribution in [1.82, 2.24) is 0 Å². The third kappa shape index (κ3) is 3.59. The highest BCUT2D eigenvalue weighted by Gasteiger charge is 2.64. The molecular weight excluding hydrogens is 428 g/mol. The first-order valence-corrected chi connectivity index (χ1v) is 13.0. The zero-order valence-electron chi connectivity index (χ0n) is 18.3. The van der Waals surface area contributed by atoms with Crippen LogP contribution in [0.15, 0.2) is 12.2 Å². The Bertz CT molecular complexity index is 819. The normalized spacial score (nSPS) is 38.1. The van der Waals surface area contributed by atoms with Gasteiger partial charge in [0.15, 0.2) is 0 Å². The summed E-state index contributed by atoms with van der Waals surface area (Å²) in [7, 11) is -3.92. The highest BCUT2D eigenvalue weighted by atomic mass is 32.2. The van der Waals surface area contributed by atoms with E-state index in [0.29, 0.717) is 29.8 Å². The number of hydrogen-bond acceptors (Lipinski definition) is 7. The lowest BCUT2D eigenvalue weighted by Crippen LogP contribution is -2.38. The highest BCUT2D eigenvalue weighted by molar-refractivity contribution is 7.94. The van der Waals surface area contributed by atoms with Crippen LogP contribution in [-0.2, 0) is 24.3 Å². The quantitative estimate of drug-likeness (QED) is 0.146. The predicted octanol–water partition coefficient (Wildman–Crippen LogP) is 4.71. The van der Waals surface area contributed by atoms with Gasteiger partial charge >= 0.3 is 0 Å². The number of hydrogen-bond donors (Lipinski definition) is 2. The molecule has 0 amide bonds. The average molecular weight is 463 g/mol. The lowest BCUT2D eigenvalue weighted by molar-refractivity contribution is -0.432. The molecule has 4 rings (SSSR count). The van der Waals surface area contributed by atoms with Gasteiger partial charge in [-0.2, -0.15) is 8.42 Å². The van der Waals surface area contributed by atoms with Gasteiger partial charge in [-0.25, -0.2) is 5.26 Å². The van der Waals surface area contributed by atoms with Crippen molar-refractivity contribution in [2.75, 3.05) is 11.5 Å². The Morgan fingerprint density at radius 2 is 1.60 bits per heavy atom. The van der Waals surface area contributed by atoms with Crippen molar-refractivity contribution in [3.8, 4) is 0 Å². The Labute approximate surface area is 183 Å². The summed E-state index contributed by atoms with van der Waals surface area (Å²) in [5.74, 6) is 1.81. The van der Waals surface area contributed by atoms with E-state index in [4.69, 9.17) is 9.81 Å². The van der Waals surface area contributed by atoms with Crippen LogP contribution in [0.3, 0.4) is 0 Å². The van der Waals surface area contributed by atoms with Crippen molar-refractivity contribution in [3.05, 3.63) is 12.2 Å². The van der Waals surface area contributed by atoms with E-state index in [1.54, 1.807) is 0 Å². The van der Waals surface area contributed by atoms with E-state index in [9.17, 15) is 13.2 Å². The zero-order chi connectivity index (χ0) is 22.6. The summed E-state index contributed by atoms with van der Waals surface area (Å²) in [6, 6.07) is 0. The second-order valence-corrected chi connectivity index (χ2v) is 12.8. The standard InChI is InChI=1S/C11H18O3S.C10H16O4S/c1-8-6-9-4-5-11(8,10(9,2)3)7-15(12,13)14;1-9(2)7-3-4-10(9,8(11)5-7)6-15-14-13-12/h9H,1,4-7H2,2-3H3,(H,12,13,14);7,12H,3-6H2,1-2H3. The molecule has 9 heteroatoms. The first-order chi connectivity index (χ1) is 13.7. The lowest BCUT2D eigenvalue weighted by Gasteiger charge is -2.37. The Balaban J connectivity index is 0.000000171. The van der Waals surface area contributed by atoms with E-state index in [-0.39, 0.29) is 27.4 Å². The van der Waals surface area contributed by atoms with Crippen molar-refractivity contribution >= 4 is 27.9 Å². The maximum Gasteiger partial charge on any atom is 0.265 e. The summed E-state index contributed by atoms with van der Waals surface area (Å²) in [4.78, 5) is 12.0. The molecule has 0 saturated heterocycles. The van der Waals surface area contributed by atoms with E-state index in [1.807, 2.05) is 0 Å². The molecule has 0 aromatic heterocycles. The molecule has 4 atom stereocenters. The van der Waals surface area contributed by atoms with E-state index in [2.05, 4.69) is 43.6 Å². The van der Waals surface area contributed by atoms with Crippen LogP contribution < -0.4 is 0 Å². The minimum atomic E-state index is -3.92. The topological polar surface area (TPSA) is 110 Å². The van der Waals surface area contributed by atoms with Crippen LogP contribution in [0.25, 0.3) is 0 Å². The molecule has 4 saturated carbocycles. The van der Waals surface area contributed by atoms with Gasteiger partial charge in [0.2, 0.25) is 0 Å². The maximum atomic E-state index is 12.0. The van der Waals surface area contributed by atoms with Gasteiger partial charge in [-0.3, -0.25) is 9.35 Å². The summed E-state index contributed by atoms with van der Waals surface area (Å²) in [6.07, 6.45) is 5.59. The fourth-order valence-corrected chi connectivity index (χ4v) is 9.22. The fraction of sp³-hybridized carbons (Fsp3) is 0.857. The average Bonchev–Trinajstić information content (AvgIpc) is 3.14. The van der Waals surface area contributed by atoms with Crippen molar-refractivity contribution < 1.29 is 32.4 Å².